The number of aryl methyl sites for hydroxylation is 1. The van der Waals surface area contributed by atoms with Gasteiger partial charge in [-0.2, -0.15) is 0 Å². The normalized spacial score (nSPS) is 9.46. The Bertz CT molecular complexity index is 251. The maximum Gasteiger partial charge on any atom is 0.126 e. The fraction of sp³-hybridized carbons (Fsp3) is 0.500. The van der Waals surface area contributed by atoms with Gasteiger partial charge in [-0.1, -0.05) is 39.8 Å². The Morgan fingerprint density at radius 1 is 1.15 bits per heavy atom. The van der Waals surface area contributed by atoms with Gasteiger partial charge in [-0.05, 0) is 30.0 Å². The zero-order chi connectivity index (χ0) is 10.4. The van der Waals surface area contributed by atoms with E-state index in [9.17, 15) is 4.39 Å². The molecule has 13 heavy (non-hydrogen) atoms. The summed E-state index contributed by atoms with van der Waals surface area (Å²) in [5, 5.41) is 0. The maximum absolute atomic E-state index is 12.8. The molecule has 0 saturated heterocycles. The lowest BCUT2D eigenvalue weighted by atomic mass is 10.0. The van der Waals surface area contributed by atoms with Gasteiger partial charge < -0.3 is 0 Å². The highest BCUT2D eigenvalue weighted by Crippen LogP contribution is 2.16. The number of hydrogen-bond donors (Lipinski definition) is 0. The molecular formula is C12H19F. The highest BCUT2D eigenvalue weighted by atomic mass is 19.1. The number of rotatable bonds is 1. The summed E-state index contributed by atoms with van der Waals surface area (Å²) in [6, 6.07) is 5.28. The van der Waals surface area contributed by atoms with E-state index in [1.165, 1.54) is 11.6 Å². The average Bonchev–Trinajstić information content (AvgIpc) is 2.13. The Hall–Kier alpha value is -0.850. The summed E-state index contributed by atoms with van der Waals surface area (Å²) in [5.74, 6) is 0.365. The highest BCUT2D eigenvalue weighted by molar-refractivity contribution is 5.25. The van der Waals surface area contributed by atoms with Gasteiger partial charge in [0, 0.05) is 0 Å². The van der Waals surface area contributed by atoms with Crippen LogP contribution in [0.3, 0.4) is 0 Å². The van der Waals surface area contributed by atoms with Gasteiger partial charge in [-0.3, -0.25) is 0 Å². The van der Waals surface area contributed by atoms with E-state index in [1.54, 1.807) is 6.92 Å². The predicted octanol–water partition coefficient (Wildman–Crippen LogP) is 4.28. The van der Waals surface area contributed by atoms with Crippen molar-refractivity contribution in [1.29, 1.82) is 0 Å². The van der Waals surface area contributed by atoms with Crippen LogP contribution in [-0.4, -0.2) is 0 Å². The van der Waals surface area contributed by atoms with Crippen LogP contribution in [0.25, 0.3) is 0 Å². The predicted molar refractivity (Wildman–Crippen MR) is 56.6 cm³/mol. The topological polar surface area (TPSA) is 0 Å². The van der Waals surface area contributed by atoms with Crippen molar-refractivity contribution in [2.45, 2.75) is 40.5 Å². The first kappa shape index (κ1) is 12.2. The van der Waals surface area contributed by atoms with Crippen molar-refractivity contribution in [2.75, 3.05) is 0 Å². The molecule has 0 aromatic heterocycles. The van der Waals surface area contributed by atoms with E-state index in [1.807, 2.05) is 26.0 Å². The molecule has 74 valence electrons. The van der Waals surface area contributed by atoms with Crippen LogP contribution in [0.4, 0.5) is 4.39 Å². The van der Waals surface area contributed by atoms with Crippen molar-refractivity contribution in [3.8, 4) is 0 Å². The third-order valence-electron chi connectivity index (χ3n) is 1.85. The van der Waals surface area contributed by atoms with Crippen molar-refractivity contribution < 1.29 is 4.39 Å². The first-order chi connectivity index (χ1) is 6.11. The number of halogens is 1. The molecule has 1 aromatic carbocycles. The van der Waals surface area contributed by atoms with Crippen molar-refractivity contribution in [3.05, 3.63) is 35.1 Å². The largest absolute Gasteiger partial charge is 0.207 e. The van der Waals surface area contributed by atoms with Gasteiger partial charge in [0.05, 0.1) is 0 Å². The lowest BCUT2D eigenvalue weighted by Crippen LogP contribution is -1.89. The molecule has 0 bridgehead atoms. The second kappa shape index (κ2) is 5.74. The lowest BCUT2D eigenvalue weighted by molar-refractivity contribution is 0.616. The molecule has 0 fully saturated rings. The molecule has 0 N–H and O–H groups in total. The molecule has 0 spiro atoms. The van der Waals surface area contributed by atoms with Gasteiger partial charge in [0.15, 0.2) is 0 Å². The monoisotopic (exact) mass is 182 g/mol. The molecule has 0 heterocycles. The molecular weight excluding hydrogens is 163 g/mol. The molecule has 0 amide bonds. The average molecular weight is 182 g/mol. The molecule has 0 atom stereocenters. The Kier molecular flexibility index (Phi) is 5.36. The minimum Gasteiger partial charge on any atom is -0.207 e. The molecule has 0 aliphatic rings. The van der Waals surface area contributed by atoms with E-state index in [-0.39, 0.29) is 5.82 Å². The van der Waals surface area contributed by atoms with Crippen LogP contribution >= 0.6 is 0 Å². The molecule has 1 heteroatoms. The van der Waals surface area contributed by atoms with E-state index in [0.29, 0.717) is 5.92 Å². The van der Waals surface area contributed by atoms with Gasteiger partial charge in [0.2, 0.25) is 0 Å². The Labute approximate surface area is 80.8 Å². The summed E-state index contributed by atoms with van der Waals surface area (Å²) in [4.78, 5) is 0. The van der Waals surface area contributed by atoms with Crippen molar-refractivity contribution in [2.24, 2.45) is 0 Å². The molecule has 0 unspecified atom stereocenters. The summed E-state index contributed by atoms with van der Waals surface area (Å²) in [6.07, 6.45) is 0. The van der Waals surface area contributed by atoms with E-state index in [0.717, 1.165) is 5.56 Å². The minimum absolute atomic E-state index is 0.116. The second-order valence-corrected chi connectivity index (χ2v) is 3.16. The Balaban J connectivity index is 0.000000671. The van der Waals surface area contributed by atoms with E-state index in [4.69, 9.17) is 0 Å². The van der Waals surface area contributed by atoms with Gasteiger partial charge in [0.1, 0.15) is 5.82 Å². The van der Waals surface area contributed by atoms with Crippen molar-refractivity contribution >= 4 is 0 Å². The first-order valence-electron chi connectivity index (χ1n) is 4.87. The third kappa shape index (κ3) is 3.58. The smallest absolute Gasteiger partial charge is 0.126 e. The molecule has 0 aliphatic carbocycles. The first-order valence-corrected chi connectivity index (χ1v) is 4.87. The van der Waals surface area contributed by atoms with Gasteiger partial charge >= 0.3 is 0 Å². The van der Waals surface area contributed by atoms with Crippen LogP contribution in [0, 0.1) is 12.7 Å². The van der Waals surface area contributed by atoms with E-state index < -0.39 is 0 Å². The highest BCUT2D eigenvalue weighted by Gasteiger charge is 2.01. The van der Waals surface area contributed by atoms with Gasteiger partial charge in [0.25, 0.3) is 0 Å². The minimum atomic E-state index is -0.116. The second-order valence-electron chi connectivity index (χ2n) is 3.16. The van der Waals surface area contributed by atoms with E-state index in [2.05, 4.69) is 13.8 Å². The van der Waals surface area contributed by atoms with Gasteiger partial charge in [-0.15, -0.1) is 0 Å². The van der Waals surface area contributed by atoms with Crippen LogP contribution in [0.1, 0.15) is 44.7 Å². The van der Waals surface area contributed by atoms with Crippen LogP contribution in [-0.2, 0) is 0 Å². The summed E-state index contributed by atoms with van der Waals surface area (Å²) < 4.78 is 12.8. The lowest BCUT2D eigenvalue weighted by Gasteiger charge is -2.05. The summed E-state index contributed by atoms with van der Waals surface area (Å²) >= 11 is 0. The zero-order valence-corrected chi connectivity index (χ0v) is 9.19. The Morgan fingerprint density at radius 2 is 1.69 bits per heavy atom. The van der Waals surface area contributed by atoms with Crippen LogP contribution < -0.4 is 0 Å². The molecule has 0 nitrogen and oxygen atoms in total. The fourth-order valence-electron chi connectivity index (χ4n) is 1.03. The summed E-state index contributed by atoms with van der Waals surface area (Å²) in [7, 11) is 0. The fourth-order valence-corrected chi connectivity index (χ4v) is 1.03. The van der Waals surface area contributed by atoms with Crippen LogP contribution in [0.2, 0.25) is 0 Å². The van der Waals surface area contributed by atoms with Crippen molar-refractivity contribution in [1.82, 2.24) is 0 Å². The van der Waals surface area contributed by atoms with Gasteiger partial charge in [-0.25, -0.2) is 4.39 Å². The maximum atomic E-state index is 12.8. The molecule has 0 radical (unpaired) electrons. The Morgan fingerprint density at radius 3 is 2.08 bits per heavy atom. The van der Waals surface area contributed by atoms with Crippen LogP contribution in [0.15, 0.2) is 18.2 Å². The zero-order valence-electron chi connectivity index (χ0n) is 9.19. The number of hydrogen-bond acceptors (Lipinski definition) is 0. The molecule has 1 aromatic rings. The SMILES string of the molecule is CC.Cc1cc(C(C)C)ccc1F. The van der Waals surface area contributed by atoms with Crippen LogP contribution in [0.5, 0.6) is 0 Å². The summed E-state index contributed by atoms with van der Waals surface area (Å²) in [6.45, 7) is 10.0. The molecule has 0 saturated carbocycles. The molecule has 0 aliphatic heterocycles. The third-order valence-corrected chi connectivity index (χ3v) is 1.85. The molecule has 1 rings (SSSR count). The number of benzene rings is 1. The van der Waals surface area contributed by atoms with E-state index >= 15 is 0 Å². The van der Waals surface area contributed by atoms with Crippen molar-refractivity contribution in [3.63, 3.8) is 0 Å². The summed E-state index contributed by atoms with van der Waals surface area (Å²) in [5.41, 5.74) is 1.93. The standard InChI is InChI=1S/C10H13F.C2H6/c1-7(2)9-4-5-10(11)8(3)6-9;1-2/h4-7H,1-3H3;1-2H3. The quantitative estimate of drug-likeness (QED) is 0.608.